The topological polar surface area (TPSA) is 98.8 Å². The maximum absolute atomic E-state index is 14.1. The van der Waals surface area contributed by atoms with E-state index in [9.17, 15) is 23.6 Å². The molecule has 0 heterocycles. The molecule has 0 bridgehead atoms. The monoisotopic (exact) mass is 457 g/mol. The van der Waals surface area contributed by atoms with E-state index >= 15 is 0 Å². The van der Waals surface area contributed by atoms with Crippen LogP contribution in [0.3, 0.4) is 0 Å². The van der Waals surface area contributed by atoms with Gasteiger partial charge in [-0.1, -0.05) is 19.8 Å². The molecule has 8 heteroatoms. The number of amides is 1. The number of hydrogen-bond donors (Lipinski definition) is 1. The lowest BCUT2D eigenvalue weighted by Gasteiger charge is -2.08. The minimum Gasteiger partial charge on any atom is -0.494 e. The lowest BCUT2D eigenvalue weighted by atomic mass is 10.1. The van der Waals surface area contributed by atoms with E-state index in [0.29, 0.717) is 17.9 Å². The van der Waals surface area contributed by atoms with E-state index in [1.54, 1.807) is 24.3 Å². The molecule has 0 fully saturated rings. The first-order valence-corrected chi connectivity index (χ1v) is 10.8. The molecule has 2 rings (SSSR count). The van der Waals surface area contributed by atoms with E-state index in [0.717, 1.165) is 25.3 Å². The highest BCUT2D eigenvalue weighted by molar-refractivity contribution is 6.00. The Morgan fingerprint density at radius 3 is 2.30 bits per heavy atom. The van der Waals surface area contributed by atoms with Gasteiger partial charge in [-0.25, -0.2) is 4.39 Å². The molecule has 7 nitrogen and oxygen atoms in total. The smallest absolute Gasteiger partial charge is 0.306 e. The third kappa shape index (κ3) is 8.84. The van der Waals surface area contributed by atoms with Crippen molar-refractivity contribution < 1.29 is 33.0 Å². The predicted octanol–water partition coefficient (Wildman–Crippen LogP) is 4.74. The number of unbranched alkanes of at least 4 members (excludes halogenated alkanes) is 2. The van der Waals surface area contributed by atoms with Crippen LogP contribution in [0.1, 0.15) is 66.7 Å². The Labute approximate surface area is 192 Å². The van der Waals surface area contributed by atoms with Gasteiger partial charge in [-0.3, -0.25) is 19.2 Å². The summed E-state index contributed by atoms with van der Waals surface area (Å²) in [7, 11) is 0. The van der Waals surface area contributed by atoms with Crippen molar-refractivity contribution in [3.63, 3.8) is 0 Å². The SMILES string of the molecule is CCCCCOc1ccc(C(=O)CCC(=O)OCC(=O)c2ccc(NC(C)=O)cc2F)cc1. The second-order valence-corrected chi connectivity index (χ2v) is 7.46. The molecule has 33 heavy (non-hydrogen) atoms. The van der Waals surface area contributed by atoms with Crippen LogP contribution in [0.25, 0.3) is 0 Å². The number of nitrogens with one attached hydrogen (secondary N) is 1. The van der Waals surface area contributed by atoms with Crippen LogP contribution in [0.15, 0.2) is 42.5 Å². The Morgan fingerprint density at radius 2 is 1.67 bits per heavy atom. The third-order valence-corrected chi connectivity index (χ3v) is 4.70. The fourth-order valence-corrected chi connectivity index (χ4v) is 2.96. The summed E-state index contributed by atoms with van der Waals surface area (Å²) in [6, 6.07) is 10.3. The number of rotatable bonds is 13. The number of carbonyl (C=O) groups excluding carboxylic acids is 4. The van der Waals surface area contributed by atoms with Crippen LogP contribution in [0.2, 0.25) is 0 Å². The van der Waals surface area contributed by atoms with Crippen molar-refractivity contribution >= 4 is 29.1 Å². The van der Waals surface area contributed by atoms with Gasteiger partial charge >= 0.3 is 5.97 Å². The first kappa shape index (κ1) is 25.7. The van der Waals surface area contributed by atoms with Crippen molar-refractivity contribution in [1.82, 2.24) is 0 Å². The van der Waals surface area contributed by atoms with Gasteiger partial charge in [0, 0.05) is 24.6 Å². The maximum Gasteiger partial charge on any atom is 0.306 e. The molecular weight excluding hydrogens is 429 g/mol. The van der Waals surface area contributed by atoms with Crippen LogP contribution in [-0.2, 0) is 14.3 Å². The average Bonchev–Trinajstić information content (AvgIpc) is 2.78. The Bertz CT molecular complexity index is 987. The number of Topliss-reactive ketones (excluding diaryl/α,β-unsaturated/α-hetero) is 2. The Morgan fingerprint density at radius 1 is 0.939 bits per heavy atom. The summed E-state index contributed by atoms with van der Waals surface area (Å²) in [5.74, 6) is -2.23. The van der Waals surface area contributed by atoms with E-state index in [1.165, 1.54) is 19.1 Å². The second-order valence-electron chi connectivity index (χ2n) is 7.46. The quantitative estimate of drug-likeness (QED) is 0.265. The van der Waals surface area contributed by atoms with Crippen molar-refractivity contribution in [2.75, 3.05) is 18.5 Å². The molecule has 0 atom stereocenters. The van der Waals surface area contributed by atoms with Crippen LogP contribution in [0, 0.1) is 5.82 Å². The number of ketones is 2. The first-order chi connectivity index (χ1) is 15.8. The van der Waals surface area contributed by atoms with Gasteiger partial charge in [-0.2, -0.15) is 0 Å². The number of benzene rings is 2. The largest absolute Gasteiger partial charge is 0.494 e. The van der Waals surface area contributed by atoms with Gasteiger partial charge in [0.05, 0.1) is 18.6 Å². The molecule has 176 valence electrons. The molecule has 2 aromatic carbocycles. The molecule has 0 unspecified atom stereocenters. The summed E-state index contributed by atoms with van der Waals surface area (Å²) >= 11 is 0. The van der Waals surface area contributed by atoms with E-state index in [1.807, 2.05) is 0 Å². The number of halogens is 1. The van der Waals surface area contributed by atoms with Crippen molar-refractivity contribution in [3.05, 3.63) is 59.4 Å². The zero-order valence-corrected chi connectivity index (χ0v) is 18.8. The van der Waals surface area contributed by atoms with Crippen LogP contribution in [-0.4, -0.2) is 36.7 Å². The minimum absolute atomic E-state index is 0.0799. The van der Waals surface area contributed by atoms with Gasteiger partial charge in [0.2, 0.25) is 11.7 Å². The summed E-state index contributed by atoms with van der Waals surface area (Å²) in [4.78, 5) is 47.3. The summed E-state index contributed by atoms with van der Waals surface area (Å²) < 4.78 is 24.6. The number of hydrogen-bond acceptors (Lipinski definition) is 6. The molecule has 0 aliphatic heterocycles. The van der Waals surface area contributed by atoms with Gasteiger partial charge in [0.1, 0.15) is 11.6 Å². The Hall–Kier alpha value is -3.55. The summed E-state index contributed by atoms with van der Waals surface area (Å²) in [5.41, 5.74) is 0.397. The van der Waals surface area contributed by atoms with Gasteiger partial charge in [0.25, 0.3) is 0 Å². The van der Waals surface area contributed by atoms with Gasteiger partial charge in [-0.15, -0.1) is 0 Å². The molecule has 0 saturated carbocycles. The molecule has 0 spiro atoms. The molecule has 1 N–H and O–H groups in total. The highest BCUT2D eigenvalue weighted by Gasteiger charge is 2.16. The Balaban J connectivity index is 1.76. The fourth-order valence-electron chi connectivity index (χ4n) is 2.96. The normalized spacial score (nSPS) is 10.4. The zero-order chi connectivity index (χ0) is 24.2. The second kappa shape index (κ2) is 13.1. The van der Waals surface area contributed by atoms with Gasteiger partial charge in [-0.05, 0) is 48.9 Å². The molecule has 2 aromatic rings. The summed E-state index contributed by atoms with van der Waals surface area (Å²) in [5, 5.41) is 2.40. The van der Waals surface area contributed by atoms with Crippen molar-refractivity contribution in [2.45, 2.75) is 46.0 Å². The van der Waals surface area contributed by atoms with E-state index in [4.69, 9.17) is 9.47 Å². The van der Waals surface area contributed by atoms with E-state index < -0.39 is 24.2 Å². The molecule has 0 saturated heterocycles. The lowest BCUT2D eigenvalue weighted by Crippen LogP contribution is -2.16. The molecule has 0 aliphatic rings. The van der Waals surface area contributed by atoms with E-state index in [2.05, 4.69) is 12.2 Å². The van der Waals surface area contributed by atoms with Crippen LogP contribution in [0.5, 0.6) is 5.75 Å². The summed E-state index contributed by atoms with van der Waals surface area (Å²) in [6.45, 7) is 3.37. The van der Waals surface area contributed by atoms with Gasteiger partial charge in [0.15, 0.2) is 12.4 Å². The van der Waals surface area contributed by atoms with Crippen molar-refractivity contribution in [2.24, 2.45) is 0 Å². The number of carbonyl (C=O) groups is 4. The average molecular weight is 457 g/mol. The van der Waals surface area contributed by atoms with Crippen LogP contribution < -0.4 is 10.1 Å². The molecule has 1 amide bonds. The standard InChI is InChI=1S/C25H28FNO6/c1-3-4-5-14-32-20-9-6-18(7-10-20)23(29)12-13-25(31)33-16-24(30)21-11-8-19(15-22(21)26)27-17(2)28/h6-11,15H,3-5,12-14,16H2,1-2H3,(H,27,28). The summed E-state index contributed by atoms with van der Waals surface area (Å²) in [6.07, 6.45) is 2.89. The highest BCUT2D eigenvalue weighted by Crippen LogP contribution is 2.17. The molecule has 0 aromatic heterocycles. The minimum atomic E-state index is -0.838. The van der Waals surface area contributed by atoms with Crippen molar-refractivity contribution in [3.8, 4) is 5.75 Å². The van der Waals surface area contributed by atoms with Crippen LogP contribution >= 0.6 is 0 Å². The Kier molecular flexibility index (Phi) is 10.2. The molecule has 0 radical (unpaired) electrons. The highest BCUT2D eigenvalue weighted by atomic mass is 19.1. The fraction of sp³-hybridized carbons (Fsp3) is 0.360. The lowest BCUT2D eigenvalue weighted by molar-refractivity contribution is -0.142. The number of ether oxygens (including phenoxy) is 2. The number of esters is 1. The zero-order valence-electron chi connectivity index (χ0n) is 18.8. The van der Waals surface area contributed by atoms with Crippen molar-refractivity contribution in [1.29, 1.82) is 0 Å². The third-order valence-electron chi connectivity index (χ3n) is 4.70. The molecular formula is C25H28FNO6. The van der Waals surface area contributed by atoms with E-state index in [-0.39, 0.29) is 35.8 Å². The maximum atomic E-state index is 14.1. The molecule has 0 aliphatic carbocycles. The predicted molar refractivity (Wildman–Crippen MR) is 121 cm³/mol. The first-order valence-electron chi connectivity index (χ1n) is 10.8. The van der Waals surface area contributed by atoms with Crippen LogP contribution in [0.4, 0.5) is 10.1 Å². The number of anilines is 1. The van der Waals surface area contributed by atoms with Gasteiger partial charge < -0.3 is 14.8 Å².